The lowest BCUT2D eigenvalue weighted by atomic mass is 10.1. The highest BCUT2D eigenvalue weighted by Crippen LogP contribution is 2.27. The lowest BCUT2D eigenvalue weighted by Gasteiger charge is -2.32. The van der Waals surface area contributed by atoms with Crippen molar-refractivity contribution in [3.05, 3.63) is 40.0 Å². The number of aryl methyl sites for hydroxylation is 1. The van der Waals surface area contributed by atoms with Gasteiger partial charge in [0.05, 0.1) is 10.0 Å². The van der Waals surface area contributed by atoms with Crippen molar-refractivity contribution >= 4 is 46.6 Å². The van der Waals surface area contributed by atoms with E-state index in [9.17, 15) is 0 Å². The largest absolute Gasteiger partial charge is 0.366 e. The molecule has 0 aliphatic carbocycles. The number of aromatic nitrogens is 2. The molecule has 1 atom stereocenters. The fraction of sp³-hybridized carbons (Fsp3) is 0.450. The Morgan fingerprint density at radius 3 is 2.79 bits per heavy atom. The molecule has 3 N–H and O–H groups in total. The van der Waals surface area contributed by atoms with Crippen molar-refractivity contribution in [1.82, 2.24) is 14.9 Å². The van der Waals surface area contributed by atoms with Gasteiger partial charge in [-0.15, -0.1) is 0 Å². The second-order valence-electron chi connectivity index (χ2n) is 7.23. The number of likely N-dealkylation sites (N-methyl/N-ethyl adjacent to an activating group) is 1. The molecule has 0 bridgehead atoms. The van der Waals surface area contributed by atoms with Gasteiger partial charge in [0.2, 0.25) is 11.9 Å². The van der Waals surface area contributed by atoms with Crippen molar-refractivity contribution < 1.29 is 0 Å². The molecule has 1 fully saturated rings. The topological polar surface area (TPSA) is 80.2 Å². The molecule has 156 valence electrons. The van der Waals surface area contributed by atoms with Crippen LogP contribution in [0.4, 0.5) is 17.5 Å². The van der Waals surface area contributed by atoms with Crippen molar-refractivity contribution in [2.75, 3.05) is 42.2 Å². The molecule has 0 radical (unpaired) electrons. The molecule has 3 rings (SSSR count). The van der Waals surface area contributed by atoms with Crippen LogP contribution >= 0.6 is 23.2 Å². The minimum Gasteiger partial charge on any atom is -0.366 e. The van der Waals surface area contributed by atoms with E-state index in [0.717, 1.165) is 43.3 Å². The summed E-state index contributed by atoms with van der Waals surface area (Å²) in [5.41, 5.74) is 1.57. The fourth-order valence-electron chi connectivity index (χ4n) is 3.38. The van der Waals surface area contributed by atoms with Crippen LogP contribution in [0.25, 0.3) is 0 Å². The van der Waals surface area contributed by atoms with Gasteiger partial charge in [-0.05, 0) is 51.1 Å². The van der Waals surface area contributed by atoms with Gasteiger partial charge in [0.25, 0.3) is 0 Å². The first-order chi connectivity index (χ1) is 13.9. The van der Waals surface area contributed by atoms with E-state index >= 15 is 0 Å². The summed E-state index contributed by atoms with van der Waals surface area (Å²) in [5, 5.41) is 15.8. The maximum atomic E-state index is 8.37. The number of halogens is 2. The summed E-state index contributed by atoms with van der Waals surface area (Å²) in [7, 11) is 1.77. The second-order valence-corrected chi connectivity index (χ2v) is 8.04. The van der Waals surface area contributed by atoms with Crippen molar-refractivity contribution in [1.29, 1.82) is 5.41 Å². The third-order valence-corrected chi connectivity index (χ3v) is 5.75. The van der Waals surface area contributed by atoms with E-state index in [-0.39, 0.29) is 5.96 Å². The van der Waals surface area contributed by atoms with Gasteiger partial charge in [0.1, 0.15) is 5.82 Å². The number of rotatable bonds is 5. The third-order valence-electron chi connectivity index (χ3n) is 5.02. The van der Waals surface area contributed by atoms with E-state index in [1.165, 1.54) is 6.42 Å². The van der Waals surface area contributed by atoms with Gasteiger partial charge in [0, 0.05) is 37.1 Å². The van der Waals surface area contributed by atoms with E-state index in [4.69, 9.17) is 28.6 Å². The number of guanidine groups is 1. The third kappa shape index (κ3) is 5.72. The van der Waals surface area contributed by atoms with Gasteiger partial charge in [-0.1, -0.05) is 30.1 Å². The zero-order valence-corrected chi connectivity index (χ0v) is 18.5. The van der Waals surface area contributed by atoms with Crippen molar-refractivity contribution in [3.63, 3.8) is 0 Å². The number of hydrogen-bond acceptors (Lipinski definition) is 5. The molecule has 0 saturated carbocycles. The molecule has 1 aromatic heterocycles. The second kappa shape index (κ2) is 9.61. The molecule has 1 aliphatic heterocycles. The van der Waals surface area contributed by atoms with Gasteiger partial charge < -0.3 is 15.1 Å². The van der Waals surface area contributed by atoms with Crippen molar-refractivity contribution in [2.45, 2.75) is 32.7 Å². The maximum Gasteiger partial charge on any atom is 0.231 e. The Morgan fingerprint density at radius 1 is 1.28 bits per heavy atom. The molecule has 2 heterocycles. The lowest BCUT2D eigenvalue weighted by molar-refractivity contribution is 0.226. The van der Waals surface area contributed by atoms with Crippen molar-refractivity contribution in [2.24, 2.45) is 0 Å². The van der Waals surface area contributed by atoms with Crippen LogP contribution in [0.2, 0.25) is 10.0 Å². The first-order valence-electron chi connectivity index (χ1n) is 9.74. The number of likely N-dealkylation sites (tertiary alicyclic amines) is 1. The fourth-order valence-corrected chi connectivity index (χ4v) is 3.67. The Balaban J connectivity index is 1.68. The normalized spacial score (nSPS) is 17.1. The van der Waals surface area contributed by atoms with E-state index in [0.29, 0.717) is 22.0 Å². The summed E-state index contributed by atoms with van der Waals surface area (Å²) >= 11 is 12.1. The Bertz CT molecular complexity index is 874. The molecule has 1 aromatic carbocycles. The van der Waals surface area contributed by atoms with Crippen LogP contribution in [0.1, 0.15) is 25.5 Å². The van der Waals surface area contributed by atoms with Gasteiger partial charge >= 0.3 is 0 Å². The van der Waals surface area contributed by atoms with E-state index in [1.807, 2.05) is 13.0 Å². The molecule has 1 aliphatic rings. The predicted octanol–water partition coefficient (Wildman–Crippen LogP) is 4.47. The van der Waals surface area contributed by atoms with Crippen LogP contribution in [0.3, 0.4) is 0 Å². The minimum absolute atomic E-state index is 0.134. The maximum absolute atomic E-state index is 8.37. The summed E-state index contributed by atoms with van der Waals surface area (Å²) in [6.07, 6.45) is 2.30. The van der Waals surface area contributed by atoms with Gasteiger partial charge in [-0.25, -0.2) is 4.98 Å². The van der Waals surface area contributed by atoms with Crippen LogP contribution < -0.4 is 15.5 Å². The summed E-state index contributed by atoms with van der Waals surface area (Å²) in [6, 6.07) is 7.52. The number of piperidine rings is 1. The lowest BCUT2D eigenvalue weighted by Crippen LogP contribution is -2.42. The van der Waals surface area contributed by atoms with Gasteiger partial charge in [-0.3, -0.25) is 10.7 Å². The average Bonchev–Trinajstić information content (AvgIpc) is 2.69. The molecule has 0 spiro atoms. The molecule has 7 nitrogen and oxygen atoms in total. The first-order valence-corrected chi connectivity index (χ1v) is 10.5. The molecule has 1 saturated heterocycles. The quantitative estimate of drug-likeness (QED) is 0.474. The standard InChI is InChI=1S/C20H27Cl2N7/c1-4-29-9-5-6-14(12-29)25-18-10-13(2)24-20(26-18)27-19(23)28(3)15-7-8-16(21)17(22)11-15/h7-8,10-11,14H,4-6,9,12H2,1-3H3,(H3,23,24,25,26,27). The number of nitrogens with zero attached hydrogens (tertiary/aromatic N) is 4. The van der Waals surface area contributed by atoms with E-state index in [2.05, 4.69) is 32.4 Å². The van der Waals surface area contributed by atoms with Gasteiger partial charge in [-0.2, -0.15) is 4.98 Å². The Morgan fingerprint density at radius 2 is 2.07 bits per heavy atom. The summed E-state index contributed by atoms with van der Waals surface area (Å²) in [6.45, 7) is 7.34. The smallest absolute Gasteiger partial charge is 0.231 e. The SMILES string of the molecule is CCN1CCCC(Nc2cc(C)nc(NC(=N)N(C)c3ccc(Cl)c(Cl)c3)n2)C1. The Labute approximate surface area is 181 Å². The summed E-state index contributed by atoms with van der Waals surface area (Å²) < 4.78 is 0. The number of anilines is 3. The molecule has 0 amide bonds. The Hall–Kier alpha value is -2.09. The minimum atomic E-state index is 0.134. The number of nitrogens with one attached hydrogen (secondary N) is 3. The Kier molecular flexibility index (Phi) is 7.16. The highest BCUT2D eigenvalue weighted by atomic mass is 35.5. The monoisotopic (exact) mass is 435 g/mol. The number of hydrogen-bond donors (Lipinski definition) is 3. The first kappa shape index (κ1) is 21.6. The summed E-state index contributed by atoms with van der Waals surface area (Å²) in [5.74, 6) is 1.29. The molecule has 9 heteroatoms. The van der Waals surface area contributed by atoms with Crippen LogP contribution in [0, 0.1) is 12.3 Å². The molecule has 1 unspecified atom stereocenters. The van der Waals surface area contributed by atoms with Crippen LogP contribution in [-0.2, 0) is 0 Å². The van der Waals surface area contributed by atoms with Crippen LogP contribution in [0.5, 0.6) is 0 Å². The molecule has 2 aromatic rings. The molecular formula is C20H27Cl2N7. The number of benzene rings is 1. The summed E-state index contributed by atoms with van der Waals surface area (Å²) in [4.78, 5) is 13.1. The van der Waals surface area contributed by atoms with E-state index in [1.54, 1.807) is 30.1 Å². The van der Waals surface area contributed by atoms with Crippen LogP contribution in [-0.4, -0.2) is 53.6 Å². The zero-order valence-electron chi connectivity index (χ0n) is 17.0. The zero-order chi connectivity index (χ0) is 21.0. The van der Waals surface area contributed by atoms with Crippen LogP contribution in [0.15, 0.2) is 24.3 Å². The highest BCUT2D eigenvalue weighted by molar-refractivity contribution is 6.42. The van der Waals surface area contributed by atoms with E-state index < -0.39 is 0 Å². The highest BCUT2D eigenvalue weighted by Gasteiger charge is 2.19. The van der Waals surface area contributed by atoms with Crippen molar-refractivity contribution in [3.8, 4) is 0 Å². The molecule has 29 heavy (non-hydrogen) atoms. The predicted molar refractivity (Wildman–Crippen MR) is 122 cm³/mol. The van der Waals surface area contributed by atoms with Gasteiger partial charge in [0.15, 0.2) is 0 Å². The average molecular weight is 436 g/mol. The molecular weight excluding hydrogens is 409 g/mol.